The van der Waals surface area contributed by atoms with Crippen molar-refractivity contribution in [2.45, 2.75) is 13.5 Å². The van der Waals surface area contributed by atoms with Crippen LogP contribution in [0.2, 0.25) is 0 Å². The van der Waals surface area contributed by atoms with E-state index in [1.165, 1.54) is 12.1 Å². The van der Waals surface area contributed by atoms with Crippen LogP contribution in [0.5, 0.6) is 0 Å². The number of nitrogens with zero attached hydrogens (tertiary/aromatic N) is 3. The summed E-state index contributed by atoms with van der Waals surface area (Å²) in [7, 11) is 0. The summed E-state index contributed by atoms with van der Waals surface area (Å²) in [4.78, 5) is 21.0. The highest BCUT2D eigenvalue weighted by molar-refractivity contribution is 7.13. The SMILES string of the molecule is Cc1csc(N2CCN(CC(=O)NCc3ccc(F)cc3)CC2)n1. The summed E-state index contributed by atoms with van der Waals surface area (Å²) in [6.07, 6.45) is 0. The van der Waals surface area contributed by atoms with E-state index in [-0.39, 0.29) is 11.7 Å². The lowest BCUT2D eigenvalue weighted by molar-refractivity contribution is -0.122. The molecule has 128 valence electrons. The summed E-state index contributed by atoms with van der Waals surface area (Å²) in [5.74, 6) is -0.267. The number of aromatic nitrogens is 1. The van der Waals surface area contributed by atoms with Crippen LogP contribution in [0.15, 0.2) is 29.6 Å². The van der Waals surface area contributed by atoms with Crippen molar-refractivity contribution >= 4 is 22.4 Å². The fourth-order valence-electron chi connectivity index (χ4n) is 2.65. The summed E-state index contributed by atoms with van der Waals surface area (Å²) in [6, 6.07) is 6.18. The van der Waals surface area contributed by atoms with E-state index < -0.39 is 0 Å². The Balaban J connectivity index is 1.40. The molecule has 0 bridgehead atoms. The van der Waals surface area contributed by atoms with Crippen LogP contribution in [0, 0.1) is 12.7 Å². The van der Waals surface area contributed by atoms with Gasteiger partial charge in [0.25, 0.3) is 0 Å². The van der Waals surface area contributed by atoms with Crippen molar-refractivity contribution in [3.8, 4) is 0 Å². The monoisotopic (exact) mass is 348 g/mol. The molecule has 1 fully saturated rings. The highest BCUT2D eigenvalue weighted by Gasteiger charge is 2.20. The van der Waals surface area contributed by atoms with Crippen LogP contribution in [0.25, 0.3) is 0 Å². The predicted molar refractivity (Wildman–Crippen MR) is 93.8 cm³/mol. The molecule has 0 saturated carbocycles. The molecule has 0 unspecified atom stereocenters. The van der Waals surface area contributed by atoms with Crippen LogP contribution in [-0.4, -0.2) is 48.5 Å². The zero-order valence-electron chi connectivity index (χ0n) is 13.7. The van der Waals surface area contributed by atoms with Gasteiger partial charge in [-0.1, -0.05) is 12.1 Å². The van der Waals surface area contributed by atoms with Crippen molar-refractivity contribution in [2.75, 3.05) is 37.6 Å². The van der Waals surface area contributed by atoms with Gasteiger partial charge >= 0.3 is 0 Å². The molecule has 0 spiro atoms. The van der Waals surface area contributed by atoms with Gasteiger partial charge in [0.15, 0.2) is 5.13 Å². The van der Waals surface area contributed by atoms with Crippen molar-refractivity contribution < 1.29 is 9.18 Å². The van der Waals surface area contributed by atoms with Crippen molar-refractivity contribution in [1.29, 1.82) is 0 Å². The first-order valence-corrected chi connectivity index (χ1v) is 8.89. The molecule has 1 aromatic heterocycles. The van der Waals surface area contributed by atoms with Crippen molar-refractivity contribution in [3.63, 3.8) is 0 Å². The molecular weight excluding hydrogens is 327 g/mol. The first-order valence-electron chi connectivity index (χ1n) is 8.01. The molecule has 1 aliphatic heterocycles. The normalized spacial score (nSPS) is 15.5. The molecule has 5 nitrogen and oxygen atoms in total. The molecular formula is C17H21FN4OS. The van der Waals surface area contributed by atoms with Crippen LogP contribution in [-0.2, 0) is 11.3 Å². The van der Waals surface area contributed by atoms with Crippen LogP contribution >= 0.6 is 11.3 Å². The van der Waals surface area contributed by atoms with Crippen molar-refractivity contribution in [1.82, 2.24) is 15.2 Å². The van der Waals surface area contributed by atoms with Gasteiger partial charge in [-0.2, -0.15) is 0 Å². The minimum Gasteiger partial charge on any atom is -0.351 e. The van der Waals surface area contributed by atoms with Gasteiger partial charge in [-0.3, -0.25) is 9.69 Å². The van der Waals surface area contributed by atoms with Crippen LogP contribution < -0.4 is 10.2 Å². The molecule has 1 aromatic carbocycles. The molecule has 1 saturated heterocycles. The quantitative estimate of drug-likeness (QED) is 0.898. The Hall–Kier alpha value is -1.99. The van der Waals surface area contributed by atoms with E-state index in [1.807, 2.05) is 6.92 Å². The number of anilines is 1. The average molecular weight is 348 g/mol. The molecule has 1 aliphatic rings. The number of halogens is 1. The number of piperazine rings is 1. The van der Waals surface area contributed by atoms with Gasteiger partial charge < -0.3 is 10.2 Å². The Labute approximate surface area is 145 Å². The fourth-order valence-corrected chi connectivity index (χ4v) is 3.50. The summed E-state index contributed by atoms with van der Waals surface area (Å²) in [5.41, 5.74) is 1.95. The Morgan fingerprint density at radius 2 is 1.96 bits per heavy atom. The Morgan fingerprint density at radius 1 is 1.25 bits per heavy atom. The number of hydrogen-bond acceptors (Lipinski definition) is 5. The maximum atomic E-state index is 12.8. The molecule has 0 aliphatic carbocycles. The summed E-state index contributed by atoms with van der Waals surface area (Å²) >= 11 is 1.67. The highest BCUT2D eigenvalue weighted by atomic mass is 32.1. The topological polar surface area (TPSA) is 48.5 Å². The second-order valence-corrected chi connectivity index (χ2v) is 6.77. The van der Waals surface area contributed by atoms with Gasteiger partial charge in [-0.25, -0.2) is 9.37 Å². The fraction of sp³-hybridized carbons (Fsp3) is 0.412. The largest absolute Gasteiger partial charge is 0.351 e. The van der Waals surface area contributed by atoms with E-state index >= 15 is 0 Å². The average Bonchev–Trinajstić information content (AvgIpc) is 3.01. The van der Waals surface area contributed by atoms with E-state index in [4.69, 9.17) is 0 Å². The van der Waals surface area contributed by atoms with E-state index in [2.05, 4.69) is 25.5 Å². The highest BCUT2D eigenvalue weighted by Crippen LogP contribution is 2.21. The summed E-state index contributed by atoms with van der Waals surface area (Å²) in [5, 5.41) is 6.01. The third-order valence-corrected chi connectivity index (χ3v) is 5.04. The van der Waals surface area contributed by atoms with Gasteiger partial charge in [0.1, 0.15) is 5.82 Å². The predicted octanol–water partition coefficient (Wildman–Crippen LogP) is 2.03. The number of aryl methyl sites for hydroxylation is 1. The summed E-state index contributed by atoms with van der Waals surface area (Å²) < 4.78 is 12.8. The molecule has 0 radical (unpaired) electrons. The maximum Gasteiger partial charge on any atom is 0.234 e. The first kappa shape index (κ1) is 16.9. The Morgan fingerprint density at radius 3 is 2.58 bits per heavy atom. The van der Waals surface area contributed by atoms with E-state index in [0.717, 1.165) is 42.6 Å². The Kier molecular flexibility index (Phi) is 5.42. The number of rotatable bonds is 5. The molecule has 1 N–H and O–H groups in total. The lowest BCUT2D eigenvalue weighted by Gasteiger charge is -2.34. The molecule has 7 heteroatoms. The van der Waals surface area contributed by atoms with Gasteiger partial charge in [0, 0.05) is 38.1 Å². The molecule has 3 rings (SSSR count). The van der Waals surface area contributed by atoms with Gasteiger partial charge in [0.05, 0.1) is 12.2 Å². The van der Waals surface area contributed by atoms with E-state index in [9.17, 15) is 9.18 Å². The van der Waals surface area contributed by atoms with Crippen LogP contribution in [0.3, 0.4) is 0 Å². The first-order chi connectivity index (χ1) is 11.6. The smallest absolute Gasteiger partial charge is 0.234 e. The van der Waals surface area contributed by atoms with Gasteiger partial charge in [-0.15, -0.1) is 11.3 Å². The second-order valence-electron chi connectivity index (χ2n) is 5.94. The number of carbonyl (C=O) groups is 1. The van der Waals surface area contributed by atoms with Crippen molar-refractivity contribution in [3.05, 3.63) is 46.7 Å². The number of hydrogen-bond donors (Lipinski definition) is 1. The number of nitrogens with one attached hydrogen (secondary N) is 1. The molecule has 24 heavy (non-hydrogen) atoms. The van der Waals surface area contributed by atoms with Gasteiger partial charge in [-0.05, 0) is 24.6 Å². The number of thiazole rings is 1. The second kappa shape index (κ2) is 7.72. The number of amides is 1. The maximum absolute atomic E-state index is 12.8. The molecule has 2 aromatic rings. The lowest BCUT2D eigenvalue weighted by Crippen LogP contribution is -2.49. The van der Waals surface area contributed by atoms with E-state index in [1.54, 1.807) is 23.5 Å². The van der Waals surface area contributed by atoms with E-state index in [0.29, 0.717) is 13.1 Å². The minimum atomic E-state index is -0.265. The molecule has 2 heterocycles. The van der Waals surface area contributed by atoms with Crippen molar-refractivity contribution in [2.24, 2.45) is 0 Å². The third kappa shape index (κ3) is 4.52. The van der Waals surface area contributed by atoms with Crippen LogP contribution in [0.4, 0.5) is 9.52 Å². The van der Waals surface area contributed by atoms with Crippen LogP contribution in [0.1, 0.15) is 11.3 Å². The third-order valence-electron chi connectivity index (χ3n) is 4.02. The zero-order valence-corrected chi connectivity index (χ0v) is 14.5. The summed E-state index contributed by atoms with van der Waals surface area (Å²) in [6.45, 7) is 6.30. The number of benzene rings is 1. The molecule has 0 atom stereocenters. The Bertz CT molecular complexity index is 680. The lowest BCUT2D eigenvalue weighted by atomic mass is 10.2. The number of carbonyl (C=O) groups excluding carboxylic acids is 1. The van der Waals surface area contributed by atoms with Gasteiger partial charge in [0.2, 0.25) is 5.91 Å². The minimum absolute atomic E-state index is 0.00197. The zero-order chi connectivity index (χ0) is 16.9. The standard InChI is InChI=1S/C17H21FN4OS/c1-13-12-24-17(20-13)22-8-6-21(7-9-22)11-16(23)19-10-14-2-4-15(18)5-3-14/h2-5,12H,6-11H2,1H3,(H,19,23). The molecule has 1 amide bonds.